The molecule has 0 atom stereocenters. The number of aromatic nitrogens is 2. The predicted octanol–water partition coefficient (Wildman–Crippen LogP) is 2.94. The molecule has 0 spiro atoms. The van der Waals surface area contributed by atoms with Crippen LogP contribution in [0.2, 0.25) is 5.15 Å². The van der Waals surface area contributed by atoms with E-state index in [0.29, 0.717) is 11.4 Å². The zero-order valence-corrected chi connectivity index (χ0v) is 9.20. The van der Waals surface area contributed by atoms with E-state index in [2.05, 4.69) is 9.97 Å². The average molecular weight is 239 g/mol. The van der Waals surface area contributed by atoms with Gasteiger partial charge in [0.2, 0.25) is 5.95 Å². The third-order valence-electron chi connectivity index (χ3n) is 2.06. The fourth-order valence-electron chi connectivity index (χ4n) is 1.35. The van der Waals surface area contributed by atoms with Crippen LogP contribution in [0.4, 0.5) is 4.39 Å². The first kappa shape index (κ1) is 10.8. The lowest BCUT2D eigenvalue weighted by Crippen LogP contribution is -1.95. The third-order valence-corrected chi connectivity index (χ3v) is 2.27. The van der Waals surface area contributed by atoms with E-state index in [-0.39, 0.29) is 10.7 Å². The molecule has 0 unspecified atom stereocenters. The van der Waals surface area contributed by atoms with Crippen LogP contribution < -0.4 is 4.74 Å². The fraction of sp³-hybridized carbons (Fsp3) is 0.0909. The van der Waals surface area contributed by atoms with E-state index < -0.39 is 5.95 Å². The fourth-order valence-corrected chi connectivity index (χ4v) is 1.48. The van der Waals surface area contributed by atoms with Gasteiger partial charge in [-0.3, -0.25) is 4.98 Å². The minimum Gasteiger partial charge on any atom is -0.494 e. The molecule has 0 saturated heterocycles. The van der Waals surface area contributed by atoms with Crippen molar-refractivity contribution in [3.8, 4) is 17.0 Å². The molecule has 0 fully saturated rings. The second-order valence-electron chi connectivity index (χ2n) is 3.03. The summed E-state index contributed by atoms with van der Waals surface area (Å²) in [7, 11) is 1.50. The maximum absolute atomic E-state index is 13.6. The summed E-state index contributed by atoms with van der Waals surface area (Å²) in [4.78, 5) is 7.59. The lowest BCUT2D eigenvalue weighted by Gasteiger charge is -2.07. The zero-order valence-electron chi connectivity index (χ0n) is 8.45. The Morgan fingerprint density at radius 3 is 2.81 bits per heavy atom. The van der Waals surface area contributed by atoms with Crippen molar-refractivity contribution in [1.82, 2.24) is 9.97 Å². The van der Waals surface area contributed by atoms with Gasteiger partial charge in [0.25, 0.3) is 0 Å². The first-order chi connectivity index (χ1) is 7.72. The molecular formula is C11H8ClFN2O. The number of ether oxygens (including phenoxy) is 1. The smallest absolute Gasteiger partial charge is 0.223 e. The van der Waals surface area contributed by atoms with Crippen LogP contribution in [0, 0.1) is 5.95 Å². The van der Waals surface area contributed by atoms with Gasteiger partial charge >= 0.3 is 0 Å². The van der Waals surface area contributed by atoms with Crippen LogP contribution in [0.3, 0.4) is 0 Å². The van der Waals surface area contributed by atoms with Crippen LogP contribution in [0.1, 0.15) is 0 Å². The number of methoxy groups -OCH3 is 1. The molecule has 2 aromatic heterocycles. The van der Waals surface area contributed by atoms with Crippen molar-refractivity contribution >= 4 is 11.6 Å². The highest BCUT2D eigenvalue weighted by atomic mass is 35.5. The summed E-state index contributed by atoms with van der Waals surface area (Å²) in [5.74, 6) is -0.171. The molecule has 0 aliphatic carbocycles. The van der Waals surface area contributed by atoms with Crippen LogP contribution in [0.5, 0.6) is 5.75 Å². The summed E-state index contributed by atoms with van der Waals surface area (Å²) < 4.78 is 18.7. The van der Waals surface area contributed by atoms with Gasteiger partial charge in [-0.25, -0.2) is 4.98 Å². The number of nitrogens with zero attached hydrogens (tertiary/aromatic N) is 2. The SMILES string of the molecule is COc1cccnc1-c1ccc(Cl)nc1F. The maximum atomic E-state index is 13.6. The van der Waals surface area contributed by atoms with Gasteiger partial charge < -0.3 is 4.74 Å². The Labute approximate surface area is 96.9 Å². The molecule has 5 heteroatoms. The summed E-state index contributed by atoms with van der Waals surface area (Å²) >= 11 is 5.58. The Kier molecular flexibility index (Phi) is 3.01. The molecule has 0 radical (unpaired) electrons. The Morgan fingerprint density at radius 1 is 1.31 bits per heavy atom. The largest absolute Gasteiger partial charge is 0.494 e. The van der Waals surface area contributed by atoms with E-state index in [0.717, 1.165) is 0 Å². The Balaban J connectivity index is 2.58. The van der Waals surface area contributed by atoms with Gasteiger partial charge in [-0.05, 0) is 24.3 Å². The van der Waals surface area contributed by atoms with Crippen LogP contribution in [-0.4, -0.2) is 17.1 Å². The van der Waals surface area contributed by atoms with Crippen molar-refractivity contribution in [2.75, 3.05) is 7.11 Å². The molecular weight excluding hydrogens is 231 g/mol. The van der Waals surface area contributed by atoms with E-state index in [4.69, 9.17) is 16.3 Å². The number of hydrogen-bond acceptors (Lipinski definition) is 3. The van der Waals surface area contributed by atoms with Gasteiger partial charge in [-0.15, -0.1) is 0 Å². The van der Waals surface area contributed by atoms with Crippen molar-refractivity contribution in [1.29, 1.82) is 0 Å². The van der Waals surface area contributed by atoms with Gasteiger partial charge in [0.1, 0.15) is 16.6 Å². The minimum atomic E-state index is -0.662. The zero-order chi connectivity index (χ0) is 11.5. The molecule has 0 amide bonds. The molecule has 2 rings (SSSR count). The van der Waals surface area contributed by atoms with Crippen molar-refractivity contribution < 1.29 is 9.13 Å². The number of hydrogen-bond donors (Lipinski definition) is 0. The van der Waals surface area contributed by atoms with Crippen molar-refractivity contribution in [2.24, 2.45) is 0 Å². The lowest BCUT2D eigenvalue weighted by atomic mass is 10.1. The van der Waals surface area contributed by atoms with Gasteiger partial charge in [0.05, 0.1) is 12.7 Å². The highest BCUT2D eigenvalue weighted by Crippen LogP contribution is 2.29. The molecule has 2 aromatic rings. The third kappa shape index (κ3) is 1.97. The monoisotopic (exact) mass is 238 g/mol. The first-order valence-electron chi connectivity index (χ1n) is 4.54. The molecule has 3 nitrogen and oxygen atoms in total. The first-order valence-corrected chi connectivity index (χ1v) is 4.91. The quantitative estimate of drug-likeness (QED) is 0.755. The summed E-state index contributed by atoms with van der Waals surface area (Å²) in [5, 5.41) is 0.108. The van der Waals surface area contributed by atoms with E-state index in [1.165, 1.54) is 19.2 Å². The highest BCUT2D eigenvalue weighted by Gasteiger charge is 2.12. The Bertz CT molecular complexity index is 519. The van der Waals surface area contributed by atoms with E-state index in [1.54, 1.807) is 18.3 Å². The second kappa shape index (κ2) is 4.45. The predicted molar refractivity (Wildman–Crippen MR) is 59.0 cm³/mol. The van der Waals surface area contributed by atoms with Gasteiger partial charge in [-0.2, -0.15) is 4.39 Å². The molecule has 0 N–H and O–H groups in total. The molecule has 16 heavy (non-hydrogen) atoms. The van der Waals surface area contributed by atoms with Crippen LogP contribution in [0.15, 0.2) is 30.5 Å². The van der Waals surface area contributed by atoms with Crippen LogP contribution in [-0.2, 0) is 0 Å². The Morgan fingerprint density at radius 2 is 2.12 bits per heavy atom. The van der Waals surface area contributed by atoms with Gasteiger partial charge in [0.15, 0.2) is 0 Å². The Hall–Kier alpha value is -1.68. The number of rotatable bonds is 2. The standard InChI is InChI=1S/C11H8ClFN2O/c1-16-8-3-2-6-14-10(8)7-4-5-9(12)15-11(7)13/h2-6H,1H3. The molecule has 0 aromatic carbocycles. The summed E-state index contributed by atoms with van der Waals surface area (Å²) in [6, 6.07) is 6.45. The van der Waals surface area contributed by atoms with Gasteiger partial charge in [0, 0.05) is 6.20 Å². The van der Waals surface area contributed by atoms with Crippen molar-refractivity contribution in [2.45, 2.75) is 0 Å². The van der Waals surface area contributed by atoms with E-state index >= 15 is 0 Å². The second-order valence-corrected chi connectivity index (χ2v) is 3.41. The van der Waals surface area contributed by atoms with E-state index in [1.807, 2.05) is 0 Å². The lowest BCUT2D eigenvalue weighted by molar-refractivity contribution is 0.414. The minimum absolute atomic E-state index is 0.108. The summed E-state index contributed by atoms with van der Waals surface area (Å²) in [6.07, 6.45) is 1.56. The molecule has 2 heterocycles. The van der Waals surface area contributed by atoms with Crippen molar-refractivity contribution in [3.63, 3.8) is 0 Å². The highest BCUT2D eigenvalue weighted by molar-refractivity contribution is 6.29. The van der Waals surface area contributed by atoms with E-state index in [9.17, 15) is 4.39 Å². The molecule has 0 aliphatic rings. The average Bonchev–Trinajstić information content (AvgIpc) is 2.29. The van der Waals surface area contributed by atoms with Crippen LogP contribution >= 0.6 is 11.6 Å². The topological polar surface area (TPSA) is 35.0 Å². The number of pyridine rings is 2. The maximum Gasteiger partial charge on any atom is 0.223 e. The summed E-state index contributed by atoms with van der Waals surface area (Å²) in [6.45, 7) is 0. The van der Waals surface area contributed by atoms with Crippen LogP contribution in [0.25, 0.3) is 11.3 Å². The molecule has 0 aliphatic heterocycles. The van der Waals surface area contributed by atoms with Gasteiger partial charge in [-0.1, -0.05) is 11.6 Å². The molecule has 0 saturated carbocycles. The number of halogens is 2. The summed E-state index contributed by atoms with van der Waals surface area (Å²) in [5.41, 5.74) is 0.675. The van der Waals surface area contributed by atoms with Crippen molar-refractivity contribution in [3.05, 3.63) is 41.6 Å². The molecule has 0 bridgehead atoms. The molecule has 82 valence electrons. The normalized spacial score (nSPS) is 10.2.